The number of aliphatic carboxylic acids is 1. The number of nitrogens with zero attached hydrogens (tertiary/aromatic N) is 2. The summed E-state index contributed by atoms with van der Waals surface area (Å²) in [6.07, 6.45) is 3.58. The van der Waals surface area contributed by atoms with E-state index in [1.807, 2.05) is 20.8 Å². The fourth-order valence-electron chi connectivity index (χ4n) is 4.87. The summed E-state index contributed by atoms with van der Waals surface area (Å²) >= 11 is 3.98. The highest BCUT2D eigenvalue weighted by Crippen LogP contribution is 2.26. The van der Waals surface area contributed by atoms with Gasteiger partial charge in [0.15, 0.2) is 0 Å². The summed E-state index contributed by atoms with van der Waals surface area (Å²) in [6.45, 7) is 8.37. The summed E-state index contributed by atoms with van der Waals surface area (Å²) < 4.78 is 0. The standard InChI is InChI=1S/C25H43N5O6S/c1-5-14(3)19(26)24(34)30-12-8-10-18(30)23(33)29-11-7-9-17(29)21(31)28-20(15(4)6-2)22(32)27-16(13-37)25(35)36/h14-20,37H,5-13,26H2,1-4H3,(H,27,32)(H,28,31)(H,35,36)/t14-,15-,16-,17-,18-,19-,20-/m0/s1. The Morgan fingerprint density at radius 3 is 2.05 bits per heavy atom. The van der Waals surface area contributed by atoms with Crippen LogP contribution in [0.4, 0.5) is 0 Å². The Labute approximate surface area is 224 Å². The molecular formula is C25H43N5O6S. The lowest BCUT2D eigenvalue weighted by Crippen LogP contribution is -2.59. The van der Waals surface area contributed by atoms with Crippen LogP contribution in [-0.2, 0) is 24.0 Å². The molecule has 5 N–H and O–H groups in total. The van der Waals surface area contributed by atoms with E-state index in [1.165, 1.54) is 4.90 Å². The molecule has 0 aromatic carbocycles. The molecule has 0 radical (unpaired) electrons. The van der Waals surface area contributed by atoms with Crippen molar-refractivity contribution >= 4 is 42.2 Å². The largest absolute Gasteiger partial charge is 0.480 e. The number of hydrogen-bond acceptors (Lipinski definition) is 7. The Kier molecular flexibility index (Phi) is 11.7. The maximum absolute atomic E-state index is 13.6. The van der Waals surface area contributed by atoms with Gasteiger partial charge in [-0.05, 0) is 37.5 Å². The number of amides is 4. The van der Waals surface area contributed by atoms with Crippen LogP contribution in [0.25, 0.3) is 0 Å². The molecule has 12 heteroatoms. The maximum Gasteiger partial charge on any atom is 0.327 e. The van der Waals surface area contributed by atoms with E-state index in [4.69, 9.17) is 5.73 Å². The van der Waals surface area contributed by atoms with Gasteiger partial charge in [0.2, 0.25) is 23.6 Å². The summed E-state index contributed by atoms with van der Waals surface area (Å²) in [5.74, 6) is -3.17. The van der Waals surface area contributed by atoms with Gasteiger partial charge in [-0.25, -0.2) is 4.79 Å². The predicted molar refractivity (Wildman–Crippen MR) is 142 cm³/mol. The molecule has 0 aliphatic carbocycles. The Hall–Kier alpha value is -2.34. The molecule has 0 saturated carbocycles. The molecule has 4 amide bonds. The van der Waals surface area contributed by atoms with Crippen molar-refractivity contribution in [2.45, 2.75) is 96.4 Å². The van der Waals surface area contributed by atoms with Crippen LogP contribution < -0.4 is 16.4 Å². The molecule has 0 spiro atoms. The molecule has 0 aromatic rings. The number of rotatable bonds is 12. The minimum absolute atomic E-state index is 0.0129. The van der Waals surface area contributed by atoms with Crippen LogP contribution in [0, 0.1) is 11.8 Å². The Balaban J connectivity index is 2.15. The van der Waals surface area contributed by atoms with Crippen molar-refractivity contribution in [3.8, 4) is 0 Å². The van der Waals surface area contributed by atoms with Crippen LogP contribution in [0.3, 0.4) is 0 Å². The van der Waals surface area contributed by atoms with Crippen LogP contribution in [0.15, 0.2) is 0 Å². The third kappa shape index (κ3) is 7.37. The number of carboxylic acids is 1. The molecular weight excluding hydrogens is 498 g/mol. The molecule has 2 aliphatic rings. The van der Waals surface area contributed by atoms with Crippen molar-refractivity contribution < 1.29 is 29.1 Å². The minimum atomic E-state index is -1.21. The van der Waals surface area contributed by atoms with E-state index >= 15 is 0 Å². The Bertz CT molecular complexity index is 857. The highest BCUT2D eigenvalue weighted by atomic mass is 32.1. The molecule has 0 bridgehead atoms. The zero-order chi connectivity index (χ0) is 27.9. The fraction of sp³-hybridized carbons (Fsp3) is 0.800. The quantitative estimate of drug-likeness (QED) is 0.223. The second kappa shape index (κ2) is 14.0. The lowest BCUT2D eigenvalue weighted by molar-refractivity contribution is -0.148. The van der Waals surface area contributed by atoms with E-state index in [9.17, 15) is 29.1 Å². The van der Waals surface area contributed by atoms with Gasteiger partial charge in [-0.1, -0.05) is 40.5 Å². The van der Waals surface area contributed by atoms with Crippen molar-refractivity contribution in [1.82, 2.24) is 20.4 Å². The zero-order valence-corrected chi connectivity index (χ0v) is 23.2. The third-order valence-electron chi connectivity index (χ3n) is 7.79. The summed E-state index contributed by atoms with van der Waals surface area (Å²) in [5, 5.41) is 14.5. The molecule has 210 valence electrons. The highest BCUT2D eigenvalue weighted by Gasteiger charge is 2.44. The van der Waals surface area contributed by atoms with E-state index in [0.29, 0.717) is 45.2 Å². The molecule has 0 aromatic heterocycles. The van der Waals surface area contributed by atoms with E-state index in [0.717, 1.165) is 6.42 Å². The van der Waals surface area contributed by atoms with Gasteiger partial charge in [0, 0.05) is 18.8 Å². The number of carbonyl (C=O) groups excluding carboxylic acids is 4. The first-order valence-corrected chi connectivity index (χ1v) is 13.9. The number of carbonyl (C=O) groups is 5. The van der Waals surface area contributed by atoms with Crippen LogP contribution in [0.5, 0.6) is 0 Å². The van der Waals surface area contributed by atoms with E-state index in [-0.39, 0.29) is 29.4 Å². The summed E-state index contributed by atoms with van der Waals surface area (Å²) in [5.41, 5.74) is 6.17. The zero-order valence-electron chi connectivity index (χ0n) is 22.3. The van der Waals surface area contributed by atoms with Crippen LogP contribution in [0.1, 0.15) is 66.2 Å². The average Bonchev–Trinajstić information content (AvgIpc) is 3.58. The summed E-state index contributed by atoms with van der Waals surface area (Å²) in [6, 6.07) is -4.26. The van der Waals surface area contributed by atoms with Crippen molar-refractivity contribution in [3.63, 3.8) is 0 Å². The fourth-order valence-corrected chi connectivity index (χ4v) is 5.12. The lowest BCUT2D eigenvalue weighted by atomic mass is 9.97. The third-order valence-corrected chi connectivity index (χ3v) is 8.16. The van der Waals surface area contributed by atoms with E-state index in [1.54, 1.807) is 11.8 Å². The van der Waals surface area contributed by atoms with Gasteiger partial charge in [-0.15, -0.1) is 0 Å². The smallest absolute Gasteiger partial charge is 0.327 e. The van der Waals surface area contributed by atoms with Crippen LogP contribution >= 0.6 is 12.6 Å². The van der Waals surface area contributed by atoms with E-state index in [2.05, 4.69) is 23.3 Å². The van der Waals surface area contributed by atoms with Crippen LogP contribution in [-0.4, -0.2) is 93.6 Å². The minimum Gasteiger partial charge on any atom is -0.480 e. The summed E-state index contributed by atoms with van der Waals surface area (Å²) in [7, 11) is 0. The van der Waals surface area contributed by atoms with Crippen molar-refractivity contribution in [3.05, 3.63) is 0 Å². The number of carboxylic acid groups (broad SMARTS) is 1. The first-order chi connectivity index (χ1) is 17.5. The number of nitrogens with two attached hydrogens (primary N) is 1. The Morgan fingerprint density at radius 2 is 1.51 bits per heavy atom. The van der Waals surface area contributed by atoms with Gasteiger partial charge in [0.25, 0.3) is 0 Å². The van der Waals surface area contributed by atoms with Gasteiger partial charge in [-0.3, -0.25) is 19.2 Å². The first kappa shape index (κ1) is 30.9. The SMILES string of the molecule is CC[C@H](C)[C@H](N)C(=O)N1CCC[C@H]1C(=O)N1CCC[C@H]1C(=O)N[C@H](C(=O)N[C@@H](CS)C(=O)O)[C@@H](C)CC. The number of likely N-dealkylation sites (tertiary alicyclic amines) is 2. The molecule has 11 nitrogen and oxygen atoms in total. The molecule has 2 heterocycles. The van der Waals surface area contributed by atoms with Crippen LogP contribution in [0.2, 0.25) is 0 Å². The van der Waals surface area contributed by atoms with Crippen molar-refractivity contribution in [2.75, 3.05) is 18.8 Å². The molecule has 2 aliphatic heterocycles. The molecule has 2 fully saturated rings. The lowest BCUT2D eigenvalue weighted by Gasteiger charge is -2.33. The topological polar surface area (TPSA) is 162 Å². The van der Waals surface area contributed by atoms with Gasteiger partial charge in [0.05, 0.1) is 6.04 Å². The summed E-state index contributed by atoms with van der Waals surface area (Å²) in [4.78, 5) is 67.3. The van der Waals surface area contributed by atoms with Crippen molar-refractivity contribution in [1.29, 1.82) is 0 Å². The highest BCUT2D eigenvalue weighted by molar-refractivity contribution is 7.80. The monoisotopic (exact) mass is 541 g/mol. The van der Waals surface area contributed by atoms with Gasteiger partial charge < -0.3 is 31.3 Å². The molecule has 37 heavy (non-hydrogen) atoms. The average molecular weight is 542 g/mol. The molecule has 7 atom stereocenters. The number of hydrogen-bond donors (Lipinski definition) is 5. The second-order valence-corrected chi connectivity index (χ2v) is 10.6. The molecule has 2 saturated heterocycles. The Morgan fingerprint density at radius 1 is 0.946 bits per heavy atom. The number of thiol groups is 1. The predicted octanol–water partition coefficient (Wildman–Crippen LogP) is 0.372. The van der Waals surface area contributed by atoms with Gasteiger partial charge in [-0.2, -0.15) is 12.6 Å². The molecule has 0 unspecified atom stereocenters. The van der Waals surface area contributed by atoms with Gasteiger partial charge >= 0.3 is 5.97 Å². The molecule has 2 rings (SSSR count). The van der Waals surface area contributed by atoms with Gasteiger partial charge in [0.1, 0.15) is 24.2 Å². The van der Waals surface area contributed by atoms with Crippen molar-refractivity contribution in [2.24, 2.45) is 17.6 Å². The van der Waals surface area contributed by atoms with E-state index < -0.39 is 48.0 Å². The first-order valence-electron chi connectivity index (χ1n) is 13.3. The second-order valence-electron chi connectivity index (χ2n) is 10.2. The number of nitrogens with one attached hydrogen (secondary N) is 2. The normalized spacial score (nSPS) is 23.6. The maximum atomic E-state index is 13.6.